The molecule has 1 unspecified atom stereocenters. The van der Waals surface area contributed by atoms with Crippen LogP contribution in [0.2, 0.25) is 0 Å². The number of allylic oxidation sites excluding steroid dienone is 4. The summed E-state index contributed by atoms with van der Waals surface area (Å²) in [5.41, 5.74) is -3.24. The summed E-state index contributed by atoms with van der Waals surface area (Å²) in [5.74, 6) is -1.29. The van der Waals surface area contributed by atoms with Crippen molar-refractivity contribution in [2.24, 2.45) is 0 Å². The van der Waals surface area contributed by atoms with Crippen LogP contribution >= 0.6 is 12.2 Å². The van der Waals surface area contributed by atoms with Crippen molar-refractivity contribution in [2.75, 3.05) is 35.0 Å². The van der Waals surface area contributed by atoms with Gasteiger partial charge in [-0.25, -0.2) is 21.2 Å². The molecule has 1 heterocycles. The van der Waals surface area contributed by atoms with Crippen LogP contribution in [0.3, 0.4) is 0 Å². The first-order valence-corrected chi connectivity index (χ1v) is 15.8. The normalized spacial score (nSPS) is 20.4. The van der Waals surface area contributed by atoms with Crippen LogP contribution in [0.25, 0.3) is 0 Å². The molecular formula is C26H27F4N3O5S3. The number of rotatable bonds is 8. The fourth-order valence-corrected chi connectivity index (χ4v) is 8.02. The maximum absolute atomic E-state index is 13.6. The van der Waals surface area contributed by atoms with Gasteiger partial charge in [-0.15, -0.1) is 0 Å². The minimum absolute atomic E-state index is 0.00424. The highest BCUT2D eigenvalue weighted by Gasteiger charge is 2.51. The Morgan fingerprint density at radius 1 is 1.07 bits per heavy atom. The molecule has 1 saturated heterocycles. The molecular weight excluding hydrogens is 606 g/mol. The summed E-state index contributed by atoms with van der Waals surface area (Å²) in [6.45, 7) is 0.295. The van der Waals surface area contributed by atoms with Crippen LogP contribution in [-0.2, 0) is 25.6 Å². The number of hydrogen-bond acceptors (Lipinski definition) is 7. The molecule has 1 fully saturated rings. The number of alkyl halides is 3. The van der Waals surface area contributed by atoms with E-state index in [0.717, 1.165) is 28.6 Å². The zero-order valence-electron chi connectivity index (χ0n) is 21.7. The molecule has 15 heteroatoms. The summed E-state index contributed by atoms with van der Waals surface area (Å²) in [7, 11) is -8.25. The fraction of sp³-hybridized carbons (Fsp3) is 0.346. The molecule has 2 N–H and O–H groups in total. The van der Waals surface area contributed by atoms with Gasteiger partial charge in [0.05, 0.1) is 22.4 Å². The van der Waals surface area contributed by atoms with Crippen molar-refractivity contribution in [2.45, 2.75) is 31.2 Å². The summed E-state index contributed by atoms with van der Waals surface area (Å²) >= 11 is 5.24. The average molecular weight is 634 g/mol. The number of aliphatic hydroxyl groups is 1. The minimum Gasteiger partial charge on any atom is -0.376 e. The highest BCUT2D eigenvalue weighted by molar-refractivity contribution is 7.96. The number of sulfonamides is 2. The molecule has 1 aliphatic heterocycles. The highest BCUT2D eigenvalue weighted by atomic mass is 32.2. The Morgan fingerprint density at radius 3 is 2.37 bits per heavy atom. The molecule has 2 aromatic rings. The van der Waals surface area contributed by atoms with Crippen molar-refractivity contribution in [1.82, 2.24) is 4.31 Å². The van der Waals surface area contributed by atoms with Gasteiger partial charge in [0.1, 0.15) is 5.82 Å². The van der Waals surface area contributed by atoms with Gasteiger partial charge in [0.25, 0.3) is 0 Å². The standard InChI is InChI=1S/C26H27F4N3O5S3/c1-25(34,26(28,29)30)18-9-11-21(12-10-18)33-14-13-32(41(37,38)24-8-3-2-7-23(24)39)16-22(33)17-40(35,36)31-20-6-4-5-19(27)15-20/h2-6,8-12,15,22,31,34H,7,13-14,16-17H2,1H3/t22-,25?/m1/s1. The van der Waals surface area contributed by atoms with Crippen molar-refractivity contribution >= 4 is 48.5 Å². The van der Waals surface area contributed by atoms with Crippen molar-refractivity contribution < 1.29 is 39.5 Å². The third-order valence-corrected chi connectivity index (χ3v) is 10.7. The van der Waals surface area contributed by atoms with E-state index in [0.29, 0.717) is 12.6 Å². The van der Waals surface area contributed by atoms with E-state index < -0.39 is 55.0 Å². The number of benzene rings is 2. The lowest BCUT2D eigenvalue weighted by atomic mass is 9.95. The number of halogens is 4. The van der Waals surface area contributed by atoms with E-state index in [2.05, 4.69) is 4.72 Å². The zero-order valence-corrected chi connectivity index (χ0v) is 24.1. The van der Waals surface area contributed by atoms with E-state index in [1.807, 2.05) is 0 Å². The van der Waals surface area contributed by atoms with Gasteiger partial charge >= 0.3 is 6.18 Å². The Morgan fingerprint density at radius 2 is 1.76 bits per heavy atom. The van der Waals surface area contributed by atoms with Crippen molar-refractivity contribution in [1.29, 1.82) is 0 Å². The summed E-state index contributed by atoms with van der Waals surface area (Å²) in [4.78, 5) is 1.75. The van der Waals surface area contributed by atoms with E-state index in [-0.39, 0.29) is 41.5 Å². The van der Waals surface area contributed by atoms with Gasteiger partial charge in [-0.1, -0.05) is 42.6 Å². The van der Waals surface area contributed by atoms with E-state index >= 15 is 0 Å². The fourth-order valence-electron chi connectivity index (χ4n) is 4.59. The predicted molar refractivity (Wildman–Crippen MR) is 152 cm³/mol. The molecule has 2 atom stereocenters. The van der Waals surface area contributed by atoms with E-state index in [1.54, 1.807) is 17.1 Å². The Labute approximate surface area is 241 Å². The quantitative estimate of drug-likeness (QED) is 0.334. The SMILES string of the molecule is CC(O)(c1ccc(N2CCN(S(=O)(=O)C3=CC=CCC3=S)C[C@@H]2CS(=O)(=O)Nc2cccc(F)c2)cc1)C(F)(F)F. The molecule has 1 aliphatic carbocycles. The zero-order chi connectivity index (χ0) is 30.2. The molecule has 0 bridgehead atoms. The second kappa shape index (κ2) is 11.4. The number of nitrogens with zero attached hydrogens (tertiary/aromatic N) is 2. The molecule has 0 aromatic heterocycles. The molecule has 41 heavy (non-hydrogen) atoms. The number of nitrogens with one attached hydrogen (secondary N) is 1. The van der Waals surface area contributed by atoms with Crippen LogP contribution in [0.15, 0.2) is 71.7 Å². The van der Waals surface area contributed by atoms with Crippen LogP contribution in [0, 0.1) is 5.82 Å². The lowest BCUT2D eigenvalue weighted by Gasteiger charge is -2.42. The summed E-state index contributed by atoms with van der Waals surface area (Å²) in [6, 6.07) is 8.59. The molecule has 0 spiro atoms. The predicted octanol–water partition coefficient (Wildman–Crippen LogP) is 4.07. The maximum Gasteiger partial charge on any atom is 0.421 e. The molecule has 0 saturated carbocycles. The second-order valence-corrected chi connectivity index (χ2v) is 14.0. The monoisotopic (exact) mass is 633 g/mol. The smallest absolute Gasteiger partial charge is 0.376 e. The molecule has 8 nitrogen and oxygen atoms in total. The molecule has 4 rings (SSSR count). The highest BCUT2D eigenvalue weighted by Crippen LogP contribution is 2.39. The first kappa shape index (κ1) is 31.1. The van der Waals surface area contributed by atoms with Crippen LogP contribution in [0.4, 0.5) is 28.9 Å². The minimum atomic E-state index is -4.93. The third kappa shape index (κ3) is 6.80. The Kier molecular flexibility index (Phi) is 8.67. The number of thiocarbonyl (C=S) groups is 1. The van der Waals surface area contributed by atoms with Crippen molar-refractivity contribution in [3.05, 3.63) is 83.0 Å². The Balaban J connectivity index is 1.66. The van der Waals surface area contributed by atoms with Gasteiger partial charge in [0, 0.05) is 36.6 Å². The van der Waals surface area contributed by atoms with Gasteiger partial charge in [-0.05, 0) is 48.9 Å². The summed E-state index contributed by atoms with van der Waals surface area (Å²) < 4.78 is 110. The second-order valence-electron chi connectivity index (χ2n) is 9.81. The number of hydrogen-bond donors (Lipinski definition) is 2. The van der Waals surface area contributed by atoms with Crippen LogP contribution in [-0.4, -0.2) is 68.7 Å². The molecule has 0 radical (unpaired) electrons. The van der Waals surface area contributed by atoms with E-state index in [4.69, 9.17) is 12.2 Å². The Hall–Kier alpha value is -2.85. The van der Waals surface area contributed by atoms with Gasteiger partial charge in [-0.3, -0.25) is 4.72 Å². The summed E-state index contributed by atoms with van der Waals surface area (Å²) in [6.07, 6.45) is 0.00484. The molecule has 2 aromatic carbocycles. The lowest BCUT2D eigenvalue weighted by Crippen LogP contribution is -2.57. The maximum atomic E-state index is 13.6. The van der Waals surface area contributed by atoms with Crippen molar-refractivity contribution in [3.63, 3.8) is 0 Å². The van der Waals surface area contributed by atoms with Gasteiger partial charge in [0.2, 0.25) is 20.0 Å². The molecule has 2 aliphatic rings. The summed E-state index contributed by atoms with van der Waals surface area (Å²) in [5, 5.41) is 10.0. The lowest BCUT2D eigenvalue weighted by molar-refractivity contribution is -0.258. The third-order valence-electron chi connectivity index (χ3n) is 6.85. The number of anilines is 2. The van der Waals surface area contributed by atoms with Crippen LogP contribution < -0.4 is 9.62 Å². The Bertz CT molecular complexity index is 1590. The number of piperazine rings is 1. The largest absolute Gasteiger partial charge is 0.421 e. The molecule has 0 amide bonds. The van der Waals surface area contributed by atoms with E-state index in [9.17, 15) is 39.5 Å². The average Bonchev–Trinajstić information content (AvgIpc) is 2.87. The topological polar surface area (TPSA) is 107 Å². The van der Waals surface area contributed by atoms with Gasteiger partial charge in [0.15, 0.2) is 5.60 Å². The first-order valence-electron chi connectivity index (χ1n) is 12.3. The first-order chi connectivity index (χ1) is 19.0. The van der Waals surface area contributed by atoms with E-state index in [1.165, 1.54) is 30.3 Å². The van der Waals surface area contributed by atoms with Crippen molar-refractivity contribution in [3.8, 4) is 0 Å². The van der Waals surface area contributed by atoms with Gasteiger partial charge < -0.3 is 10.0 Å². The van der Waals surface area contributed by atoms with Crippen LogP contribution in [0.1, 0.15) is 18.9 Å². The van der Waals surface area contributed by atoms with Crippen LogP contribution in [0.5, 0.6) is 0 Å². The van der Waals surface area contributed by atoms with Gasteiger partial charge in [-0.2, -0.15) is 17.5 Å². The molecule has 222 valence electrons.